The Labute approximate surface area is 400 Å². The van der Waals surface area contributed by atoms with Gasteiger partial charge in [0.2, 0.25) is 0 Å². The van der Waals surface area contributed by atoms with E-state index in [9.17, 15) is 0 Å². The summed E-state index contributed by atoms with van der Waals surface area (Å²) in [6.45, 7) is 1.92. The van der Waals surface area contributed by atoms with E-state index in [4.69, 9.17) is 13.7 Å². The van der Waals surface area contributed by atoms with E-state index in [1.165, 1.54) is 12.1 Å². The van der Waals surface area contributed by atoms with Gasteiger partial charge in [-0.25, -0.2) is 0 Å². The molecule has 0 unspecified atom stereocenters. The summed E-state index contributed by atoms with van der Waals surface area (Å²) < 4.78 is 132. The highest BCUT2D eigenvalue weighted by Crippen LogP contribution is 2.52. The fourth-order valence-electron chi connectivity index (χ4n) is 9.71. The molecule has 5 heteroatoms. The largest absolute Gasteiger partial charge is 0.418 e. The van der Waals surface area contributed by atoms with Crippen LogP contribution in [0.25, 0.3) is 76.1 Å². The average molecular weight is 881 g/mol. The maximum atomic E-state index is 16.0. The quantitative estimate of drug-likeness (QED) is 0.140. The number of benzene rings is 12. The van der Waals surface area contributed by atoms with Crippen molar-refractivity contribution in [1.82, 2.24) is 0 Å². The first-order valence-electron chi connectivity index (χ1n) is 26.7. The molecule has 0 heterocycles. The lowest BCUT2D eigenvalue weighted by Crippen LogP contribution is -2.17. The zero-order valence-electron chi connectivity index (χ0n) is 45.7. The summed E-state index contributed by atoms with van der Waals surface area (Å²) in [5, 5.41) is 8.21. The Bertz CT molecular complexity index is 4380. The van der Waals surface area contributed by atoms with Gasteiger partial charge in [0.15, 0.2) is 0 Å². The molecule has 0 amide bonds. The minimum Gasteiger partial charge on any atom is -0.309 e. The van der Waals surface area contributed by atoms with Gasteiger partial charge in [-0.15, -0.1) is 0 Å². The van der Waals surface area contributed by atoms with Crippen LogP contribution in [0, 0.1) is 6.92 Å². The minimum absolute atomic E-state index is 0.0887. The summed E-state index contributed by atoms with van der Waals surface area (Å²) in [4.78, 5) is 3.76. The predicted octanol–water partition coefficient (Wildman–Crippen LogP) is 18.5. The van der Waals surface area contributed by atoms with Crippen LogP contribution in [0.4, 0.5) is 47.3 Å². The molecule has 0 N–H and O–H groups in total. The van der Waals surface area contributed by atoms with Crippen molar-refractivity contribution >= 4 is 88.0 Å². The van der Waals surface area contributed by atoms with Crippen molar-refractivity contribution in [3.63, 3.8) is 0 Å². The molecule has 0 aliphatic carbocycles. The van der Waals surface area contributed by atoms with Crippen LogP contribution in [0.1, 0.15) is 24.8 Å². The molecule has 12 rings (SSSR count). The third-order valence-corrected chi connectivity index (χ3v) is 12.7. The van der Waals surface area contributed by atoms with Crippen LogP contribution in [0.2, 0.25) is 0 Å². The summed E-state index contributed by atoms with van der Waals surface area (Å²) in [6, 6.07) is 46.6. The van der Waals surface area contributed by atoms with Crippen LogP contribution in [-0.2, 0) is 6.18 Å². The summed E-state index contributed by atoms with van der Waals surface area (Å²) in [6.07, 6.45) is -4.99. The minimum atomic E-state index is -4.99. The predicted molar refractivity (Wildman–Crippen MR) is 275 cm³/mol. The second-order valence-corrected chi connectivity index (χ2v) is 16.5. The van der Waals surface area contributed by atoms with E-state index < -0.39 is 60.1 Å². The number of hydrogen-bond donors (Lipinski definition) is 0. The number of nitrogens with zero attached hydrogens (tertiary/aromatic N) is 2. The summed E-state index contributed by atoms with van der Waals surface area (Å²) in [5.74, 6) is 0. The van der Waals surface area contributed by atoms with Gasteiger partial charge >= 0.3 is 6.18 Å². The van der Waals surface area contributed by atoms with Gasteiger partial charge < -0.3 is 9.80 Å². The van der Waals surface area contributed by atoms with Crippen LogP contribution < -0.4 is 9.80 Å². The first-order valence-corrected chi connectivity index (χ1v) is 21.7. The van der Waals surface area contributed by atoms with E-state index in [0.29, 0.717) is 27.7 Å². The van der Waals surface area contributed by atoms with Crippen molar-refractivity contribution in [3.05, 3.63) is 241 Å². The highest BCUT2D eigenvalue weighted by Gasteiger charge is 2.37. The fraction of sp³-hybridized carbons (Fsp3) is 0.0323. The molecular weight excluding hydrogens is 830 g/mol. The van der Waals surface area contributed by atoms with Gasteiger partial charge in [0, 0.05) is 27.2 Å². The molecule has 0 atom stereocenters. The Morgan fingerprint density at radius 2 is 0.776 bits per heavy atom. The Morgan fingerprint density at radius 1 is 0.358 bits per heavy atom. The van der Waals surface area contributed by atoms with Crippen LogP contribution >= 0.6 is 0 Å². The summed E-state index contributed by atoms with van der Waals surface area (Å²) in [5.41, 5.74) is 2.68. The summed E-state index contributed by atoms with van der Waals surface area (Å²) >= 11 is 0. The number of aryl methyl sites for hydroxylation is 1. The molecule has 12 aromatic carbocycles. The molecular formula is C62H41F3N2. The molecule has 0 bridgehead atoms. The van der Waals surface area contributed by atoms with Crippen molar-refractivity contribution in [2.45, 2.75) is 13.1 Å². The van der Waals surface area contributed by atoms with Crippen LogP contribution in [0.5, 0.6) is 0 Å². The average Bonchev–Trinajstić information content (AvgIpc) is 3.58. The van der Waals surface area contributed by atoms with Gasteiger partial charge in [0.25, 0.3) is 0 Å². The number of rotatable bonds is 8. The van der Waals surface area contributed by atoms with Crippen LogP contribution in [0.3, 0.4) is 0 Å². The lowest BCUT2D eigenvalue weighted by atomic mass is 9.91. The van der Waals surface area contributed by atoms with Crippen molar-refractivity contribution in [2.24, 2.45) is 0 Å². The Balaban J connectivity index is 1.12. The second-order valence-electron chi connectivity index (χ2n) is 16.5. The highest BCUT2D eigenvalue weighted by molar-refractivity contribution is 6.28. The van der Waals surface area contributed by atoms with Crippen molar-refractivity contribution < 1.29 is 26.9 Å². The third kappa shape index (κ3) is 6.82. The molecule has 0 saturated carbocycles. The van der Waals surface area contributed by atoms with Crippen LogP contribution in [0.15, 0.2) is 230 Å². The molecule has 320 valence electrons. The molecule has 2 nitrogen and oxygen atoms in total. The van der Waals surface area contributed by atoms with Gasteiger partial charge in [0.1, 0.15) is 0 Å². The normalized spacial score (nSPS) is 14.0. The molecule has 0 spiro atoms. The van der Waals surface area contributed by atoms with E-state index >= 15 is 13.2 Å². The smallest absolute Gasteiger partial charge is 0.309 e. The number of fused-ring (bicyclic) bond motifs is 2. The van der Waals surface area contributed by atoms with Crippen LogP contribution in [-0.4, -0.2) is 0 Å². The Kier molecular flexibility index (Phi) is 7.29. The molecule has 0 saturated heterocycles. The fourth-order valence-corrected chi connectivity index (χ4v) is 9.71. The zero-order valence-corrected chi connectivity index (χ0v) is 35.7. The molecule has 0 radical (unpaired) electrons. The second kappa shape index (κ2) is 15.9. The standard InChI is InChI=1S/C62H41F3N2/c1-40-38-47(41-14-4-2-5-15-41)30-34-54(40)66(55-24-12-20-43-18-8-10-22-49(43)55)57-35-28-45-27-33-52-58(36-29-46-26-32-51(57)60(45)61(46)52)67(56-25-13-21-44-19-9-11-23-50(44)56)59-37-31-48(39-53(59)62(63,64)65)42-16-6-3-7-17-42/h2-39H,1H3/i2D,3D,4D,5D,6D,7D,14D,15D,16D,17D. The first kappa shape index (κ1) is 30.7. The molecule has 0 aromatic heterocycles. The zero-order chi connectivity index (χ0) is 53.9. The maximum absolute atomic E-state index is 16.0. The Hall–Kier alpha value is -8.41. The van der Waals surface area contributed by atoms with Gasteiger partial charge in [-0.3, -0.25) is 0 Å². The molecule has 0 fully saturated rings. The third-order valence-electron chi connectivity index (χ3n) is 12.7. The summed E-state index contributed by atoms with van der Waals surface area (Å²) in [7, 11) is 0. The molecule has 0 aliphatic heterocycles. The monoisotopic (exact) mass is 880 g/mol. The topological polar surface area (TPSA) is 6.48 Å². The number of hydrogen-bond acceptors (Lipinski definition) is 2. The molecule has 12 aromatic rings. The van der Waals surface area contributed by atoms with E-state index in [1.807, 2.05) is 134 Å². The Morgan fingerprint density at radius 3 is 1.28 bits per heavy atom. The first-order chi connectivity index (χ1) is 36.9. The van der Waals surface area contributed by atoms with E-state index in [1.54, 1.807) is 23.1 Å². The molecule has 0 aliphatic rings. The molecule has 67 heavy (non-hydrogen) atoms. The van der Waals surface area contributed by atoms with E-state index in [-0.39, 0.29) is 34.5 Å². The van der Waals surface area contributed by atoms with Crippen molar-refractivity contribution in [2.75, 3.05) is 9.80 Å². The highest BCUT2D eigenvalue weighted by atomic mass is 19.4. The van der Waals surface area contributed by atoms with Gasteiger partial charge in [0.05, 0.1) is 47.7 Å². The van der Waals surface area contributed by atoms with E-state index in [0.717, 1.165) is 71.8 Å². The van der Waals surface area contributed by atoms with E-state index in [2.05, 4.69) is 11.0 Å². The van der Waals surface area contributed by atoms with Gasteiger partial charge in [-0.2, -0.15) is 13.2 Å². The van der Waals surface area contributed by atoms with Gasteiger partial charge in [-0.1, -0.05) is 182 Å². The lowest BCUT2D eigenvalue weighted by Gasteiger charge is -2.32. The van der Waals surface area contributed by atoms with Crippen molar-refractivity contribution in [3.8, 4) is 22.3 Å². The van der Waals surface area contributed by atoms with Gasteiger partial charge in [-0.05, 0) is 116 Å². The number of halogens is 3. The SMILES string of the molecule is [2H]c1c([2H])c([2H])c(-c2ccc(N(c3cccc4ccccc34)c3ccc4ccc5c(N(c6ccc(-c7c([2H])c([2H])c([2H])c([2H])c7[2H])cc6C(F)(F)F)c6cccc7ccccc67)ccc6ccc3c4c65)c(C)c2)c([2H])c1[2H]. The number of anilines is 6. The lowest BCUT2D eigenvalue weighted by molar-refractivity contribution is -0.137. The maximum Gasteiger partial charge on any atom is 0.418 e. The van der Waals surface area contributed by atoms with Crippen molar-refractivity contribution in [1.29, 1.82) is 0 Å². The number of alkyl halides is 3.